The van der Waals surface area contributed by atoms with Crippen molar-refractivity contribution >= 4 is 57.0 Å². The highest BCUT2D eigenvalue weighted by atomic mass is 79.9. The second kappa shape index (κ2) is 30.7. The minimum Gasteiger partial charge on any atom is -0.466 e. The molecule has 0 aromatic carbocycles. The molecule has 0 aliphatic carbocycles. The Morgan fingerprint density at radius 2 is 0.800 bits per heavy atom. The second-order valence-electron chi connectivity index (χ2n) is 12.3. The van der Waals surface area contributed by atoms with Crippen molar-refractivity contribution in [3.05, 3.63) is 0 Å². The van der Waals surface area contributed by atoms with Crippen LogP contribution >= 0.6 is 39.1 Å². The molecule has 270 valence electrons. The van der Waals surface area contributed by atoms with Crippen LogP contribution in [-0.2, 0) is 38.1 Å². The molecule has 11 heteroatoms. The van der Waals surface area contributed by atoms with Gasteiger partial charge in [-0.05, 0) is 114 Å². The first kappa shape index (κ1) is 48.8. The van der Waals surface area contributed by atoms with Crippen LogP contribution in [0, 0.1) is 10.8 Å². The van der Waals surface area contributed by atoms with Crippen molar-refractivity contribution in [1.82, 2.24) is 0 Å². The highest BCUT2D eigenvalue weighted by Gasteiger charge is 2.29. The van der Waals surface area contributed by atoms with Crippen molar-refractivity contribution in [2.45, 2.75) is 131 Å². The Kier molecular flexibility index (Phi) is 33.3. The monoisotopic (exact) mass is 750 g/mol. The molecule has 0 aromatic heterocycles. The fourth-order valence-corrected chi connectivity index (χ4v) is 4.00. The molecule has 0 radical (unpaired) electrons. The van der Waals surface area contributed by atoms with Crippen LogP contribution in [0.2, 0.25) is 0 Å². The lowest BCUT2D eigenvalue weighted by Gasteiger charge is -2.22. The van der Waals surface area contributed by atoms with E-state index in [1.165, 1.54) is 0 Å². The van der Waals surface area contributed by atoms with Gasteiger partial charge < -0.3 is 23.7 Å². The van der Waals surface area contributed by atoms with Gasteiger partial charge in [0, 0.05) is 38.2 Å². The van der Waals surface area contributed by atoms with Crippen molar-refractivity contribution in [1.29, 1.82) is 0 Å². The van der Waals surface area contributed by atoms with Crippen molar-refractivity contribution in [3.8, 4) is 0 Å². The van der Waals surface area contributed by atoms with Gasteiger partial charge in [0.05, 0.1) is 30.7 Å². The van der Waals surface area contributed by atoms with Crippen LogP contribution < -0.4 is 0 Å². The molecule has 0 spiro atoms. The van der Waals surface area contributed by atoms with Gasteiger partial charge in [-0.15, -0.1) is 23.2 Å². The number of ether oxygens (including phenoxy) is 5. The number of carbonyl (C=O) groups excluding carboxylic acids is 3. The van der Waals surface area contributed by atoms with Crippen molar-refractivity contribution in [2.24, 2.45) is 10.8 Å². The maximum absolute atomic E-state index is 11.8. The summed E-state index contributed by atoms with van der Waals surface area (Å²) >= 11 is 14.2. The van der Waals surface area contributed by atoms with Crippen molar-refractivity contribution < 1.29 is 38.1 Å². The molecule has 0 N–H and O–H groups in total. The van der Waals surface area contributed by atoms with Gasteiger partial charge in [0.15, 0.2) is 0 Å². The first-order chi connectivity index (χ1) is 21.1. The lowest BCUT2D eigenvalue weighted by molar-refractivity contribution is -0.154. The first-order valence-electron chi connectivity index (χ1n) is 16.5. The molecule has 0 aliphatic rings. The summed E-state index contributed by atoms with van der Waals surface area (Å²) < 4.78 is 25.3. The smallest absolute Gasteiger partial charge is 0.322 e. The van der Waals surface area contributed by atoms with Crippen LogP contribution in [0.4, 0.5) is 0 Å². The normalized spacial score (nSPS) is 11.5. The van der Waals surface area contributed by atoms with E-state index in [1.807, 2.05) is 41.5 Å². The molecule has 0 unspecified atom stereocenters. The summed E-state index contributed by atoms with van der Waals surface area (Å²) in [4.78, 5) is 34.4. The predicted octanol–water partition coefficient (Wildman–Crippen LogP) is 9.29. The molecule has 0 fully saturated rings. The summed E-state index contributed by atoms with van der Waals surface area (Å²) in [5.41, 5.74) is -0.844. The zero-order valence-electron chi connectivity index (χ0n) is 29.8. The van der Waals surface area contributed by atoms with E-state index < -0.39 is 15.2 Å². The van der Waals surface area contributed by atoms with Gasteiger partial charge in [-0.3, -0.25) is 14.4 Å². The van der Waals surface area contributed by atoms with Crippen LogP contribution in [0.15, 0.2) is 0 Å². The Morgan fingerprint density at radius 1 is 0.511 bits per heavy atom. The topological polar surface area (TPSA) is 97.4 Å². The van der Waals surface area contributed by atoms with E-state index in [2.05, 4.69) is 15.9 Å². The van der Waals surface area contributed by atoms with E-state index in [-0.39, 0.29) is 17.9 Å². The highest BCUT2D eigenvalue weighted by Crippen LogP contribution is 2.26. The average Bonchev–Trinajstić information content (AvgIpc) is 2.96. The van der Waals surface area contributed by atoms with E-state index >= 15 is 0 Å². The number of carbonyl (C=O) groups is 3. The maximum Gasteiger partial charge on any atom is 0.322 e. The third-order valence-electron chi connectivity index (χ3n) is 6.44. The fourth-order valence-electron chi connectivity index (χ4n) is 3.50. The molecular weight excluding hydrogens is 687 g/mol. The molecule has 8 nitrogen and oxygen atoms in total. The van der Waals surface area contributed by atoms with Crippen LogP contribution in [0.1, 0.15) is 127 Å². The van der Waals surface area contributed by atoms with Crippen LogP contribution in [0.3, 0.4) is 0 Å². The molecule has 0 atom stereocenters. The SMILES string of the molecule is CCOC(=O)C(C)(C)Br.CCOC(=O)C(C)(C)CCCCOCCCCC(C)(C)C(=O)OCC.ClCCCCOCCCCCl. The number of hydrogen-bond donors (Lipinski definition) is 0. The number of hydrogen-bond acceptors (Lipinski definition) is 8. The minimum absolute atomic E-state index is 0.125. The third kappa shape index (κ3) is 31.7. The Hall–Kier alpha value is -0.610. The van der Waals surface area contributed by atoms with Gasteiger partial charge in [-0.1, -0.05) is 28.8 Å². The van der Waals surface area contributed by atoms with Crippen LogP contribution in [-0.4, -0.2) is 80.2 Å². The summed E-state index contributed by atoms with van der Waals surface area (Å²) in [7, 11) is 0. The molecule has 0 heterocycles. The quantitative estimate of drug-likeness (QED) is 0.0417. The number of esters is 3. The molecule has 0 amide bonds. The third-order valence-corrected chi connectivity index (χ3v) is 7.30. The Labute approximate surface area is 293 Å². The Bertz CT molecular complexity index is 683. The molecule has 0 saturated carbocycles. The van der Waals surface area contributed by atoms with Gasteiger partial charge in [-0.2, -0.15) is 0 Å². The molecule has 0 aromatic rings. The van der Waals surface area contributed by atoms with Crippen molar-refractivity contribution in [2.75, 3.05) is 58.0 Å². The van der Waals surface area contributed by atoms with Gasteiger partial charge in [0.25, 0.3) is 0 Å². The number of unbranched alkanes of at least 4 members (excludes halogenated alkanes) is 4. The summed E-state index contributed by atoms with van der Waals surface area (Å²) in [5, 5.41) is 0. The summed E-state index contributed by atoms with van der Waals surface area (Å²) in [6.45, 7) is 21.1. The van der Waals surface area contributed by atoms with Crippen LogP contribution in [0.5, 0.6) is 0 Å². The van der Waals surface area contributed by atoms with Gasteiger partial charge in [0.2, 0.25) is 0 Å². The maximum atomic E-state index is 11.8. The standard InChI is InChI=1S/C20H38O5.C8H16Cl2O.C6H11BrO2/c1-7-24-17(21)19(3,4)13-9-11-15-23-16-12-10-14-20(5,6)18(22)25-8-2;9-5-1-3-7-11-8-4-2-6-10;1-4-9-5(8)6(2,3)7/h7-16H2,1-6H3;1-8H2;4H2,1-3H3. The van der Waals surface area contributed by atoms with Gasteiger partial charge in [-0.25, -0.2) is 0 Å². The summed E-state index contributed by atoms with van der Waals surface area (Å²) in [6.07, 6.45) is 9.65. The zero-order valence-corrected chi connectivity index (χ0v) is 32.9. The largest absolute Gasteiger partial charge is 0.466 e. The van der Waals surface area contributed by atoms with E-state index in [0.717, 1.165) is 89.2 Å². The van der Waals surface area contributed by atoms with Crippen molar-refractivity contribution in [3.63, 3.8) is 0 Å². The minimum atomic E-state index is -0.539. The van der Waals surface area contributed by atoms with Gasteiger partial charge in [0.1, 0.15) is 4.32 Å². The average molecular weight is 753 g/mol. The Morgan fingerprint density at radius 3 is 1.04 bits per heavy atom. The second-order valence-corrected chi connectivity index (χ2v) is 15.1. The Balaban J connectivity index is -0.000000721. The molecule has 0 aliphatic heterocycles. The van der Waals surface area contributed by atoms with Gasteiger partial charge >= 0.3 is 17.9 Å². The molecular formula is C34H65BrCl2O8. The number of alkyl halides is 3. The van der Waals surface area contributed by atoms with E-state index in [9.17, 15) is 14.4 Å². The molecule has 0 rings (SSSR count). The molecule has 45 heavy (non-hydrogen) atoms. The fraction of sp³-hybridized carbons (Fsp3) is 0.912. The van der Waals surface area contributed by atoms with E-state index in [4.69, 9.17) is 46.9 Å². The highest BCUT2D eigenvalue weighted by molar-refractivity contribution is 9.10. The first-order valence-corrected chi connectivity index (χ1v) is 18.4. The summed E-state index contributed by atoms with van der Waals surface area (Å²) in [5.74, 6) is 1.01. The predicted molar refractivity (Wildman–Crippen MR) is 190 cm³/mol. The van der Waals surface area contributed by atoms with E-state index in [1.54, 1.807) is 20.8 Å². The molecule has 0 saturated heterocycles. The van der Waals surface area contributed by atoms with Crippen LogP contribution in [0.25, 0.3) is 0 Å². The number of halogens is 3. The lowest BCUT2D eigenvalue weighted by atomic mass is 9.87. The molecule has 0 bridgehead atoms. The summed E-state index contributed by atoms with van der Waals surface area (Å²) in [6, 6.07) is 0. The lowest BCUT2D eigenvalue weighted by Crippen LogP contribution is -2.26. The number of rotatable bonds is 24. The van der Waals surface area contributed by atoms with E-state index in [0.29, 0.717) is 33.0 Å². The zero-order chi connectivity index (χ0) is 35.2.